The van der Waals surface area contributed by atoms with E-state index in [1.807, 2.05) is 24.4 Å². The Morgan fingerprint density at radius 1 is 1.53 bits per heavy atom. The van der Waals surface area contributed by atoms with Crippen molar-refractivity contribution in [2.45, 2.75) is 13.5 Å². The summed E-state index contributed by atoms with van der Waals surface area (Å²) >= 11 is 1.65. The lowest BCUT2D eigenvalue weighted by molar-refractivity contribution is -0.132. The fourth-order valence-electron chi connectivity index (χ4n) is 2.02. The Kier molecular flexibility index (Phi) is 6.71. The fourth-order valence-corrected chi connectivity index (χ4v) is 2.88. The van der Waals surface area contributed by atoms with Crippen LogP contribution in [0.15, 0.2) is 5.51 Å². The van der Waals surface area contributed by atoms with Gasteiger partial charge < -0.3 is 10.2 Å². The molecule has 1 N–H and O–H groups in total. The molecule has 0 aromatic carbocycles. The van der Waals surface area contributed by atoms with Gasteiger partial charge in [-0.25, -0.2) is 4.98 Å². The molecule has 2 rings (SSSR count). The molecule has 1 aromatic rings. The number of aryl methyl sites for hydroxylation is 1. The molecule has 1 fully saturated rings. The minimum absolute atomic E-state index is 0. The first-order valence-corrected chi connectivity index (χ1v) is 7.11. The number of amides is 1. The van der Waals surface area contributed by atoms with Crippen molar-refractivity contribution >= 4 is 29.7 Å². The number of carbonyl (C=O) groups is 1. The summed E-state index contributed by atoms with van der Waals surface area (Å²) in [6, 6.07) is 0. The lowest BCUT2D eigenvalue weighted by atomic mass is 10.3. The van der Waals surface area contributed by atoms with E-state index in [-0.39, 0.29) is 18.3 Å². The van der Waals surface area contributed by atoms with Gasteiger partial charge in [0.2, 0.25) is 5.91 Å². The van der Waals surface area contributed by atoms with E-state index in [2.05, 4.69) is 15.2 Å². The Labute approximate surface area is 124 Å². The molecule has 0 saturated carbocycles. The van der Waals surface area contributed by atoms with Crippen LogP contribution >= 0.6 is 23.7 Å². The number of hydrogen-bond acceptors (Lipinski definition) is 5. The molecule has 0 radical (unpaired) electrons. The van der Waals surface area contributed by atoms with Crippen LogP contribution in [0.2, 0.25) is 0 Å². The first-order chi connectivity index (χ1) is 8.66. The van der Waals surface area contributed by atoms with E-state index < -0.39 is 0 Å². The summed E-state index contributed by atoms with van der Waals surface area (Å²) < 4.78 is 0. The summed E-state index contributed by atoms with van der Waals surface area (Å²) in [4.78, 5) is 21.5. The molecule has 19 heavy (non-hydrogen) atoms. The van der Waals surface area contributed by atoms with Gasteiger partial charge in [0.15, 0.2) is 0 Å². The van der Waals surface area contributed by atoms with Gasteiger partial charge >= 0.3 is 0 Å². The second kappa shape index (κ2) is 7.79. The third kappa shape index (κ3) is 4.72. The fraction of sp³-hybridized carbons (Fsp3) is 0.667. The molecule has 0 atom stereocenters. The molecule has 0 spiro atoms. The van der Waals surface area contributed by atoms with E-state index in [0.717, 1.165) is 38.4 Å². The molecule has 1 saturated heterocycles. The number of rotatable bonds is 4. The van der Waals surface area contributed by atoms with Crippen LogP contribution < -0.4 is 5.32 Å². The van der Waals surface area contributed by atoms with E-state index >= 15 is 0 Å². The molecule has 0 unspecified atom stereocenters. The first-order valence-electron chi connectivity index (χ1n) is 6.23. The molecule has 0 aliphatic carbocycles. The second-order valence-corrected chi connectivity index (χ2v) is 5.60. The van der Waals surface area contributed by atoms with Crippen molar-refractivity contribution in [1.29, 1.82) is 0 Å². The normalized spacial score (nSPS) is 15.4. The Morgan fingerprint density at radius 3 is 2.79 bits per heavy atom. The predicted molar refractivity (Wildman–Crippen MR) is 79.9 cm³/mol. The average molecular weight is 305 g/mol. The number of thiazole rings is 1. The zero-order valence-electron chi connectivity index (χ0n) is 11.4. The number of piperazine rings is 1. The maximum absolute atomic E-state index is 12.1. The lowest BCUT2D eigenvalue weighted by Gasteiger charge is -2.29. The number of carbonyl (C=O) groups excluding carboxylic acids is 1. The Hall–Kier alpha value is -0.690. The summed E-state index contributed by atoms with van der Waals surface area (Å²) in [5.41, 5.74) is 2.93. The summed E-state index contributed by atoms with van der Waals surface area (Å²) in [6.45, 7) is 6.76. The van der Waals surface area contributed by atoms with E-state index in [9.17, 15) is 4.79 Å². The van der Waals surface area contributed by atoms with Crippen LogP contribution in [-0.4, -0.2) is 60.5 Å². The van der Waals surface area contributed by atoms with Crippen molar-refractivity contribution in [1.82, 2.24) is 20.1 Å². The maximum Gasteiger partial charge on any atom is 0.236 e. The predicted octanol–water partition coefficient (Wildman–Crippen LogP) is 0.737. The van der Waals surface area contributed by atoms with Gasteiger partial charge in [-0.1, -0.05) is 0 Å². The maximum atomic E-state index is 12.1. The molecule has 5 nitrogen and oxygen atoms in total. The Balaban J connectivity index is 0.00000180. The largest absolute Gasteiger partial charge is 0.339 e. The van der Waals surface area contributed by atoms with Crippen molar-refractivity contribution in [2.75, 3.05) is 39.8 Å². The number of nitrogens with zero attached hydrogens (tertiary/aromatic N) is 3. The standard InChI is InChI=1S/C12H20N4OS.ClH/c1-10-11(18-9-14-10)7-15(2)8-12(17)16-5-3-13-4-6-16;/h9,13H,3-8H2,1-2H3;1H. The van der Waals surface area contributed by atoms with Gasteiger partial charge in [0, 0.05) is 37.6 Å². The van der Waals surface area contributed by atoms with Crippen molar-refractivity contribution in [3.63, 3.8) is 0 Å². The third-order valence-corrected chi connectivity index (χ3v) is 4.05. The number of likely N-dealkylation sites (N-methyl/N-ethyl adjacent to an activating group) is 1. The van der Waals surface area contributed by atoms with Crippen LogP contribution in [0.3, 0.4) is 0 Å². The zero-order valence-corrected chi connectivity index (χ0v) is 13.0. The van der Waals surface area contributed by atoms with Gasteiger partial charge in [-0.3, -0.25) is 9.69 Å². The smallest absolute Gasteiger partial charge is 0.236 e. The van der Waals surface area contributed by atoms with Crippen LogP contribution in [0, 0.1) is 6.92 Å². The zero-order chi connectivity index (χ0) is 13.0. The van der Waals surface area contributed by atoms with Crippen LogP contribution in [0.1, 0.15) is 10.6 Å². The number of aromatic nitrogens is 1. The highest BCUT2D eigenvalue weighted by Crippen LogP contribution is 2.14. The molecular weight excluding hydrogens is 284 g/mol. The van der Waals surface area contributed by atoms with Crippen LogP contribution in [-0.2, 0) is 11.3 Å². The summed E-state index contributed by atoms with van der Waals surface area (Å²) in [5, 5.41) is 3.25. The second-order valence-electron chi connectivity index (χ2n) is 4.66. The van der Waals surface area contributed by atoms with E-state index in [1.165, 1.54) is 4.88 Å². The molecule has 1 aliphatic heterocycles. The Morgan fingerprint density at radius 2 is 2.21 bits per heavy atom. The SMILES string of the molecule is Cc1ncsc1CN(C)CC(=O)N1CCNCC1.Cl. The molecular formula is C12H21ClN4OS. The van der Waals surface area contributed by atoms with Gasteiger partial charge in [-0.2, -0.15) is 0 Å². The summed E-state index contributed by atoms with van der Waals surface area (Å²) in [5.74, 6) is 0.223. The van der Waals surface area contributed by atoms with Crippen LogP contribution in [0.5, 0.6) is 0 Å². The minimum Gasteiger partial charge on any atom is -0.339 e. The number of nitrogens with one attached hydrogen (secondary N) is 1. The van der Waals surface area contributed by atoms with E-state index in [1.54, 1.807) is 11.3 Å². The van der Waals surface area contributed by atoms with Gasteiger partial charge in [-0.05, 0) is 14.0 Å². The van der Waals surface area contributed by atoms with Gasteiger partial charge in [0.25, 0.3) is 0 Å². The van der Waals surface area contributed by atoms with Crippen molar-refractivity contribution in [2.24, 2.45) is 0 Å². The lowest BCUT2D eigenvalue weighted by Crippen LogP contribution is -2.49. The third-order valence-electron chi connectivity index (χ3n) is 3.13. The van der Waals surface area contributed by atoms with Crippen molar-refractivity contribution in [3.8, 4) is 0 Å². The molecule has 1 aliphatic rings. The van der Waals surface area contributed by atoms with E-state index in [0.29, 0.717) is 6.54 Å². The van der Waals surface area contributed by atoms with Gasteiger partial charge in [0.05, 0.1) is 17.7 Å². The van der Waals surface area contributed by atoms with Crippen molar-refractivity contribution < 1.29 is 4.79 Å². The molecule has 2 heterocycles. The first kappa shape index (κ1) is 16.4. The highest BCUT2D eigenvalue weighted by atomic mass is 35.5. The highest BCUT2D eigenvalue weighted by molar-refractivity contribution is 7.09. The molecule has 0 bridgehead atoms. The molecule has 108 valence electrons. The highest BCUT2D eigenvalue weighted by Gasteiger charge is 2.18. The summed E-state index contributed by atoms with van der Waals surface area (Å²) in [6.07, 6.45) is 0. The number of halogens is 1. The molecule has 1 amide bonds. The van der Waals surface area contributed by atoms with Crippen molar-refractivity contribution in [3.05, 3.63) is 16.1 Å². The topological polar surface area (TPSA) is 48.5 Å². The summed E-state index contributed by atoms with van der Waals surface area (Å²) in [7, 11) is 1.99. The quantitative estimate of drug-likeness (QED) is 0.891. The van der Waals surface area contributed by atoms with Gasteiger partial charge in [0.1, 0.15) is 0 Å². The van der Waals surface area contributed by atoms with Crippen LogP contribution in [0.25, 0.3) is 0 Å². The van der Waals surface area contributed by atoms with Crippen LogP contribution in [0.4, 0.5) is 0 Å². The molecule has 7 heteroatoms. The monoisotopic (exact) mass is 304 g/mol. The van der Waals surface area contributed by atoms with Gasteiger partial charge in [-0.15, -0.1) is 23.7 Å². The average Bonchev–Trinajstić information content (AvgIpc) is 2.76. The van der Waals surface area contributed by atoms with E-state index in [4.69, 9.17) is 0 Å². The Bertz CT molecular complexity index is 406. The number of hydrogen-bond donors (Lipinski definition) is 1. The molecule has 1 aromatic heterocycles. The minimum atomic E-state index is 0.